The van der Waals surface area contributed by atoms with E-state index in [1.54, 1.807) is 13.3 Å². The second-order valence-corrected chi connectivity index (χ2v) is 3.37. The molecule has 0 spiro atoms. The third-order valence-electron chi connectivity index (χ3n) is 2.04. The molecule has 1 atom stereocenters. The molecule has 0 amide bonds. The third kappa shape index (κ3) is 3.89. The first-order chi connectivity index (χ1) is 6.86. The van der Waals surface area contributed by atoms with Gasteiger partial charge in [0.1, 0.15) is 0 Å². The monoisotopic (exact) mass is 197 g/mol. The molecule has 0 bridgehead atoms. The smallest absolute Gasteiger partial charge is 0.0946 e. The van der Waals surface area contributed by atoms with Gasteiger partial charge in [0, 0.05) is 32.1 Å². The highest BCUT2D eigenvalue weighted by molar-refractivity contribution is 4.77. The van der Waals surface area contributed by atoms with Crippen molar-refractivity contribution in [3.63, 3.8) is 0 Å². The highest BCUT2D eigenvalue weighted by Crippen LogP contribution is 1.93. The summed E-state index contributed by atoms with van der Waals surface area (Å²) in [5.74, 6) is 0. The molecule has 1 N–H and O–H groups in total. The molecule has 0 radical (unpaired) electrons. The Bertz CT molecular complexity index is 223. The molecule has 1 aromatic rings. The van der Waals surface area contributed by atoms with Crippen molar-refractivity contribution in [1.29, 1.82) is 0 Å². The highest BCUT2D eigenvalue weighted by Gasteiger charge is 2.07. The van der Waals surface area contributed by atoms with Crippen LogP contribution < -0.4 is 5.32 Å². The molecule has 1 aromatic heterocycles. The van der Waals surface area contributed by atoms with E-state index >= 15 is 0 Å². The van der Waals surface area contributed by atoms with Crippen molar-refractivity contribution in [2.75, 3.05) is 20.3 Å². The lowest BCUT2D eigenvalue weighted by Crippen LogP contribution is -2.37. The lowest BCUT2D eigenvalue weighted by atomic mass is 10.3. The summed E-state index contributed by atoms with van der Waals surface area (Å²) in [6.07, 6.45) is 6.74. The summed E-state index contributed by atoms with van der Waals surface area (Å²) in [4.78, 5) is 4.01. The number of nitrogens with zero attached hydrogens (tertiary/aromatic N) is 2. The summed E-state index contributed by atoms with van der Waals surface area (Å²) in [6.45, 7) is 4.84. The van der Waals surface area contributed by atoms with E-state index in [4.69, 9.17) is 4.74 Å². The Hall–Kier alpha value is -0.870. The fraction of sp³-hybridized carbons (Fsp3) is 0.700. The first kappa shape index (κ1) is 11.2. The van der Waals surface area contributed by atoms with Crippen LogP contribution in [0.15, 0.2) is 18.7 Å². The molecule has 14 heavy (non-hydrogen) atoms. The summed E-state index contributed by atoms with van der Waals surface area (Å²) in [7, 11) is 1.73. The van der Waals surface area contributed by atoms with Gasteiger partial charge in [0.05, 0.1) is 12.9 Å². The average molecular weight is 197 g/mol. The Kier molecular flexibility index (Phi) is 5.25. The Balaban J connectivity index is 2.34. The Labute approximate surface area is 85.3 Å². The topological polar surface area (TPSA) is 39.1 Å². The second kappa shape index (κ2) is 6.56. The van der Waals surface area contributed by atoms with E-state index in [1.165, 1.54) is 0 Å². The number of imidazole rings is 1. The maximum atomic E-state index is 5.15. The normalized spacial score (nSPS) is 13.0. The molecular weight excluding hydrogens is 178 g/mol. The van der Waals surface area contributed by atoms with Crippen molar-refractivity contribution in [3.05, 3.63) is 18.7 Å². The minimum atomic E-state index is 0.370. The van der Waals surface area contributed by atoms with Crippen molar-refractivity contribution in [1.82, 2.24) is 14.9 Å². The first-order valence-corrected chi connectivity index (χ1v) is 5.05. The molecule has 0 saturated heterocycles. The summed E-state index contributed by atoms with van der Waals surface area (Å²) < 4.78 is 7.22. The molecule has 80 valence electrons. The maximum Gasteiger partial charge on any atom is 0.0946 e. The maximum absolute atomic E-state index is 5.15. The molecule has 0 aliphatic carbocycles. The predicted molar refractivity (Wildman–Crippen MR) is 56.2 cm³/mol. The van der Waals surface area contributed by atoms with Gasteiger partial charge >= 0.3 is 0 Å². The van der Waals surface area contributed by atoms with E-state index in [0.717, 1.165) is 26.1 Å². The average Bonchev–Trinajstić information content (AvgIpc) is 2.67. The molecule has 0 aliphatic rings. The van der Waals surface area contributed by atoms with Gasteiger partial charge < -0.3 is 14.6 Å². The molecule has 4 heteroatoms. The lowest BCUT2D eigenvalue weighted by molar-refractivity contribution is 0.158. The van der Waals surface area contributed by atoms with Gasteiger partial charge in [0.25, 0.3) is 0 Å². The van der Waals surface area contributed by atoms with Crippen LogP contribution >= 0.6 is 0 Å². The molecule has 0 aliphatic heterocycles. The Morgan fingerprint density at radius 1 is 1.57 bits per heavy atom. The Morgan fingerprint density at radius 3 is 3.00 bits per heavy atom. The van der Waals surface area contributed by atoms with Gasteiger partial charge in [0.2, 0.25) is 0 Å². The number of aromatic nitrogens is 2. The molecule has 0 saturated carbocycles. The van der Waals surface area contributed by atoms with Crippen LogP contribution in [0, 0.1) is 0 Å². The molecule has 1 heterocycles. The minimum absolute atomic E-state index is 0.370. The molecule has 1 rings (SSSR count). The zero-order valence-corrected chi connectivity index (χ0v) is 8.94. The van der Waals surface area contributed by atoms with Crippen LogP contribution in [0.1, 0.15) is 13.3 Å². The summed E-state index contributed by atoms with van der Waals surface area (Å²) in [5, 5.41) is 3.44. The van der Waals surface area contributed by atoms with Gasteiger partial charge in [-0.05, 0) is 13.0 Å². The van der Waals surface area contributed by atoms with Crippen molar-refractivity contribution >= 4 is 0 Å². The third-order valence-corrected chi connectivity index (χ3v) is 2.04. The number of nitrogens with one attached hydrogen (secondary N) is 1. The number of hydrogen-bond donors (Lipinski definition) is 1. The number of methoxy groups -OCH3 is 1. The fourth-order valence-electron chi connectivity index (χ4n) is 1.38. The van der Waals surface area contributed by atoms with Gasteiger partial charge in [-0.15, -0.1) is 0 Å². The number of hydrogen-bond acceptors (Lipinski definition) is 3. The van der Waals surface area contributed by atoms with Gasteiger partial charge in [-0.25, -0.2) is 4.98 Å². The van der Waals surface area contributed by atoms with Crippen LogP contribution in [0.4, 0.5) is 0 Å². The second-order valence-electron chi connectivity index (χ2n) is 3.37. The van der Waals surface area contributed by atoms with Gasteiger partial charge in [-0.3, -0.25) is 0 Å². The zero-order valence-electron chi connectivity index (χ0n) is 8.94. The van der Waals surface area contributed by atoms with Gasteiger partial charge in [-0.2, -0.15) is 0 Å². The fourth-order valence-corrected chi connectivity index (χ4v) is 1.38. The van der Waals surface area contributed by atoms with E-state index < -0.39 is 0 Å². The SMILES string of the molecule is CCCNC(COC)Cn1ccnc1. The van der Waals surface area contributed by atoms with E-state index in [9.17, 15) is 0 Å². The molecular formula is C10H19N3O. The zero-order chi connectivity index (χ0) is 10.2. The van der Waals surface area contributed by atoms with Gasteiger partial charge in [-0.1, -0.05) is 6.92 Å². The number of rotatable bonds is 7. The summed E-state index contributed by atoms with van der Waals surface area (Å²) >= 11 is 0. The minimum Gasteiger partial charge on any atom is -0.383 e. The van der Waals surface area contributed by atoms with Crippen LogP contribution in [-0.4, -0.2) is 35.9 Å². The largest absolute Gasteiger partial charge is 0.383 e. The van der Waals surface area contributed by atoms with Crippen molar-refractivity contribution in [3.8, 4) is 0 Å². The summed E-state index contributed by atoms with van der Waals surface area (Å²) in [6, 6.07) is 0.370. The summed E-state index contributed by atoms with van der Waals surface area (Å²) in [5.41, 5.74) is 0. The quantitative estimate of drug-likeness (QED) is 0.706. The van der Waals surface area contributed by atoms with Crippen LogP contribution in [0.25, 0.3) is 0 Å². The highest BCUT2D eigenvalue weighted by atomic mass is 16.5. The van der Waals surface area contributed by atoms with E-state index in [2.05, 4.69) is 21.8 Å². The van der Waals surface area contributed by atoms with Crippen LogP contribution in [0.2, 0.25) is 0 Å². The molecule has 1 unspecified atom stereocenters. The van der Waals surface area contributed by atoms with Crippen LogP contribution in [0.3, 0.4) is 0 Å². The Morgan fingerprint density at radius 2 is 2.43 bits per heavy atom. The molecule has 4 nitrogen and oxygen atoms in total. The molecule has 0 fully saturated rings. The van der Waals surface area contributed by atoms with Crippen molar-refractivity contribution in [2.45, 2.75) is 25.9 Å². The molecule has 0 aromatic carbocycles. The van der Waals surface area contributed by atoms with Crippen LogP contribution in [-0.2, 0) is 11.3 Å². The van der Waals surface area contributed by atoms with E-state index in [1.807, 2.05) is 12.5 Å². The lowest BCUT2D eigenvalue weighted by Gasteiger charge is -2.17. The van der Waals surface area contributed by atoms with Crippen molar-refractivity contribution < 1.29 is 4.74 Å². The standard InChI is InChI=1S/C10H19N3O/c1-3-4-12-10(8-14-2)7-13-6-5-11-9-13/h5-6,9-10,12H,3-4,7-8H2,1-2H3. The van der Waals surface area contributed by atoms with E-state index in [0.29, 0.717) is 6.04 Å². The first-order valence-electron chi connectivity index (χ1n) is 5.05. The number of ether oxygens (including phenoxy) is 1. The van der Waals surface area contributed by atoms with Crippen molar-refractivity contribution in [2.24, 2.45) is 0 Å². The van der Waals surface area contributed by atoms with Crippen LogP contribution in [0.5, 0.6) is 0 Å². The van der Waals surface area contributed by atoms with Gasteiger partial charge in [0.15, 0.2) is 0 Å². The van der Waals surface area contributed by atoms with E-state index in [-0.39, 0.29) is 0 Å². The predicted octanol–water partition coefficient (Wildman–Crippen LogP) is 0.898.